The zero-order valence-electron chi connectivity index (χ0n) is 13.3. The maximum Gasteiger partial charge on any atom is 0.337 e. The molecular formula is C16H17NO6S. The molecule has 0 saturated carbocycles. The van der Waals surface area contributed by atoms with Crippen molar-refractivity contribution in [3.8, 4) is 5.75 Å². The van der Waals surface area contributed by atoms with Crippen LogP contribution in [0.25, 0.3) is 11.0 Å². The molecule has 1 fully saturated rings. The molecule has 1 amide bonds. The van der Waals surface area contributed by atoms with E-state index in [1.54, 1.807) is 19.2 Å². The summed E-state index contributed by atoms with van der Waals surface area (Å²) in [6.07, 6.45) is 0.401. The van der Waals surface area contributed by atoms with Crippen molar-refractivity contribution in [2.24, 2.45) is 0 Å². The van der Waals surface area contributed by atoms with Gasteiger partial charge in [0, 0.05) is 30.6 Å². The fourth-order valence-electron chi connectivity index (χ4n) is 2.88. The summed E-state index contributed by atoms with van der Waals surface area (Å²) in [5.74, 6) is 0.123. The van der Waals surface area contributed by atoms with Crippen LogP contribution < -0.4 is 10.4 Å². The number of nitrogens with zero attached hydrogens (tertiary/aromatic N) is 1. The van der Waals surface area contributed by atoms with E-state index in [9.17, 15) is 18.0 Å². The zero-order valence-corrected chi connectivity index (χ0v) is 14.1. The molecule has 1 atom stereocenters. The Morgan fingerprint density at radius 3 is 2.71 bits per heavy atom. The van der Waals surface area contributed by atoms with Crippen LogP contribution in [0.4, 0.5) is 0 Å². The lowest BCUT2D eigenvalue weighted by Gasteiger charge is -2.23. The second-order valence-corrected chi connectivity index (χ2v) is 8.04. The lowest BCUT2D eigenvalue weighted by Crippen LogP contribution is -2.38. The third kappa shape index (κ3) is 3.01. The van der Waals surface area contributed by atoms with E-state index in [2.05, 4.69) is 0 Å². The van der Waals surface area contributed by atoms with E-state index in [1.165, 1.54) is 18.1 Å². The van der Waals surface area contributed by atoms with Crippen molar-refractivity contribution in [1.29, 1.82) is 0 Å². The van der Waals surface area contributed by atoms with E-state index in [0.717, 1.165) is 6.07 Å². The van der Waals surface area contributed by atoms with Crippen LogP contribution in [0.2, 0.25) is 0 Å². The van der Waals surface area contributed by atoms with Gasteiger partial charge in [-0.15, -0.1) is 0 Å². The van der Waals surface area contributed by atoms with Gasteiger partial charge in [-0.05, 0) is 18.6 Å². The maximum atomic E-state index is 12.8. The van der Waals surface area contributed by atoms with Gasteiger partial charge in [0.25, 0.3) is 5.91 Å². The predicted octanol–water partition coefficient (Wildman–Crippen LogP) is 1.06. The molecular weight excluding hydrogens is 334 g/mol. The van der Waals surface area contributed by atoms with Crippen LogP contribution in [0.1, 0.15) is 16.8 Å². The largest absolute Gasteiger partial charge is 0.497 e. The lowest BCUT2D eigenvalue weighted by atomic mass is 10.1. The molecule has 24 heavy (non-hydrogen) atoms. The van der Waals surface area contributed by atoms with Crippen LogP contribution in [0.5, 0.6) is 5.75 Å². The summed E-state index contributed by atoms with van der Waals surface area (Å²) in [4.78, 5) is 26.0. The number of amides is 1. The number of fused-ring (bicyclic) bond motifs is 1. The van der Waals surface area contributed by atoms with E-state index in [0.29, 0.717) is 17.6 Å². The van der Waals surface area contributed by atoms with Crippen LogP contribution in [0, 0.1) is 0 Å². The number of ether oxygens (including phenoxy) is 1. The van der Waals surface area contributed by atoms with E-state index in [1.807, 2.05) is 0 Å². The van der Waals surface area contributed by atoms with E-state index >= 15 is 0 Å². The highest BCUT2D eigenvalue weighted by Crippen LogP contribution is 2.25. The van der Waals surface area contributed by atoms with Crippen molar-refractivity contribution in [3.05, 3.63) is 40.2 Å². The first kappa shape index (κ1) is 16.5. The third-order valence-corrected chi connectivity index (χ3v) is 6.01. The number of rotatable bonds is 3. The highest BCUT2D eigenvalue weighted by molar-refractivity contribution is 7.91. The molecule has 1 aromatic carbocycles. The first-order valence-corrected chi connectivity index (χ1v) is 9.22. The molecule has 1 saturated heterocycles. The second-order valence-electron chi connectivity index (χ2n) is 5.81. The van der Waals surface area contributed by atoms with Gasteiger partial charge in [-0.25, -0.2) is 13.2 Å². The predicted molar refractivity (Wildman–Crippen MR) is 88.2 cm³/mol. The van der Waals surface area contributed by atoms with Gasteiger partial charge in [0.15, 0.2) is 9.84 Å². The Labute approximate surface area is 138 Å². The Bertz CT molecular complexity index is 962. The summed E-state index contributed by atoms with van der Waals surface area (Å²) < 4.78 is 33.5. The topological polar surface area (TPSA) is 93.9 Å². The van der Waals surface area contributed by atoms with E-state index in [4.69, 9.17) is 9.15 Å². The molecule has 0 spiro atoms. The monoisotopic (exact) mass is 351 g/mol. The summed E-state index contributed by atoms with van der Waals surface area (Å²) in [6, 6.07) is 5.59. The van der Waals surface area contributed by atoms with Gasteiger partial charge >= 0.3 is 5.63 Å². The summed E-state index contributed by atoms with van der Waals surface area (Å²) in [5.41, 5.74) is -0.208. The minimum atomic E-state index is -3.11. The standard InChI is InChI=1S/C16H17NO6S/c1-17(10-5-6-24(20,21)9-10)16(19)13-8-15(18)23-14-7-11(22-2)3-4-12(13)14/h3-4,7-8,10H,5-6,9H2,1-2H3. The third-order valence-electron chi connectivity index (χ3n) is 4.26. The molecule has 0 N–H and O–H groups in total. The fourth-order valence-corrected chi connectivity index (χ4v) is 4.66. The maximum absolute atomic E-state index is 12.8. The number of methoxy groups -OCH3 is 1. The SMILES string of the molecule is COc1ccc2c(C(=O)N(C)C3CCS(=O)(=O)C3)cc(=O)oc2c1. The normalized spacial score (nSPS) is 19.3. The van der Waals surface area contributed by atoms with Crippen molar-refractivity contribution in [1.82, 2.24) is 4.90 Å². The molecule has 1 unspecified atom stereocenters. The molecule has 0 bridgehead atoms. The number of carbonyl (C=O) groups excluding carboxylic acids is 1. The van der Waals surface area contributed by atoms with Gasteiger partial charge in [-0.1, -0.05) is 0 Å². The van der Waals surface area contributed by atoms with Crippen molar-refractivity contribution in [2.45, 2.75) is 12.5 Å². The lowest BCUT2D eigenvalue weighted by molar-refractivity contribution is 0.0749. The summed E-state index contributed by atoms with van der Waals surface area (Å²) in [5, 5.41) is 0.480. The Balaban J connectivity index is 2.02. The minimum Gasteiger partial charge on any atom is -0.497 e. The average Bonchev–Trinajstić information content (AvgIpc) is 2.91. The minimum absolute atomic E-state index is 0.0531. The number of carbonyl (C=O) groups is 1. The van der Waals surface area contributed by atoms with Crippen LogP contribution in [-0.4, -0.2) is 50.9 Å². The van der Waals surface area contributed by atoms with Gasteiger partial charge in [0.05, 0.1) is 24.2 Å². The molecule has 8 heteroatoms. The molecule has 0 aliphatic carbocycles. The molecule has 0 radical (unpaired) electrons. The molecule has 128 valence electrons. The quantitative estimate of drug-likeness (QED) is 0.768. The summed E-state index contributed by atoms with van der Waals surface area (Å²) in [7, 11) is -0.0645. The molecule has 1 aromatic heterocycles. The molecule has 3 rings (SSSR count). The number of benzene rings is 1. The van der Waals surface area contributed by atoms with Crippen molar-refractivity contribution in [3.63, 3.8) is 0 Å². The smallest absolute Gasteiger partial charge is 0.337 e. The Kier molecular flexibility index (Phi) is 4.08. The number of hydrogen-bond donors (Lipinski definition) is 0. The van der Waals surface area contributed by atoms with Crippen molar-refractivity contribution < 1.29 is 22.4 Å². The van der Waals surface area contributed by atoms with Crippen LogP contribution in [-0.2, 0) is 9.84 Å². The fraction of sp³-hybridized carbons (Fsp3) is 0.375. The van der Waals surface area contributed by atoms with Crippen LogP contribution in [0.15, 0.2) is 33.5 Å². The van der Waals surface area contributed by atoms with Crippen molar-refractivity contribution in [2.75, 3.05) is 25.7 Å². The summed E-state index contributed by atoms with van der Waals surface area (Å²) in [6.45, 7) is 0. The summed E-state index contributed by atoms with van der Waals surface area (Å²) >= 11 is 0. The van der Waals surface area contributed by atoms with Gasteiger partial charge in [0.2, 0.25) is 0 Å². The first-order chi connectivity index (χ1) is 11.3. The van der Waals surface area contributed by atoms with Crippen LogP contribution in [0.3, 0.4) is 0 Å². The Morgan fingerprint density at radius 2 is 2.08 bits per heavy atom. The zero-order chi connectivity index (χ0) is 17.5. The molecule has 1 aliphatic rings. The highest BCUT2D eigenvalue weighted by atomic mass is 32.2. The average molecular weight is 351 g/mol. The van der Waals surface area contributed by atoms with E-state index < -0.39 is 21.4 Å². The Morgan fingerprint density at radius 1 is 1.33 bits per heavy atom. The molecule has 2 heterocycles. The first-order valence-electron chi connectivity index (χ1n) is 7.40. The number of hydrogen-bond acceptors (Lipinski definition) is 6. The van der Waals surface area contributed by atoms with Gasteiger partial charge in [-0.3, -0.25) is 4.79 Å². The Hall–Kier alpha value is -2.35. The van der Waals surface area contributed by atoms with Crippen molar-refractivity contribution >= 4 is 26.7 Å². The van der Waals surface area contributed by atoms with Gasteiger partial charge in [0.1, 0.15) is 11.3 Å². The number of sulfone groups is 1. The van der Waals surface area contributed by atoms with E-state index in [-0.39, 0.29) is 28.7 Å². The second kappa shape index (κ2) is 5.94. The molecule has 7 nitrogen and oxygen atoms in total. The molecule has 1 aliphatic heterocycles. The van der Waals surface area contributed by atoms with Gasteiger partial charge in [-0.2, -0.15) is 0 Å². The molecule has 2 aromatic rings. The van der Waals surface area contributed by atoms with Gasteiger partial charge < -0.3 is 14.1 Å². The van der Waals surface area contributed by atoms with Crippen LogP contribution >= 0.6 is 0 Å². The highest BCUT2D eigenvalue weighted by Gasteiger charge is 2.33.